The summed E-state index contributed by atoms with van der Waals surface area (Å²) in [7, 11) is 0. The second-order valence-electron chi connectivity index (χ2n) is 6.44. The Morgan fingerprint density at radius 2 is 2.00 bits per heavy atom. The normalized spacial score (nSPS) is 13.5. The van der Waals surface area contributed by atoms with Crippen LogP contribution in [0.15, 0.2) is 42.5 Å². The lowest BCUT2D eigenvalue weighted by Gasteiger charge is -2.28. The number of tetrazole rings is 1. The maximum absolute atomic E-state index is 13.4. The molecule has 1 aliphatic heterocycles. The standard InChI is InChI=1S/C19H18FN5O/c1-13-10-15(6-7-17(13)20)19-21-23-25(22-19)12-18(26)24-9-8-14-4-2-3-5-16(14)11-24/h2-7,10H,8-9,11-12H2,1H3. The first-order chi connectivity index (χ1) is 12.6. The predicted octanol–water partition coefficient (Wildman–Crippen LogP) is 2.37. The van der Waals surface area contributed by atoms with Gasteiger partial charge < -0.3 is 4.90 Å². The minimum absolute atomic E-state index is 0.0370. The van der Waals surface area contributed by atoms with Gasteiger partial charge in [-0.1, -0.05) is 24.3 Å². The first-order valence-corrected chi connectivity index (χ1v) is 8.49. The van der Waals surface area contributed by atoms with Gasteiger partial charge in [0.25, 0.3) is 0 Å². The summed E-state index contributed by atoms with van der Waals surface area (Å²) in [5.74, 6) is 0.0605. The molecule has 1 aliphatic rings. The highest BCUT2D eigenvalue weighted by Gasteiger charge is 2.21. The minimum atomic E-state index is -0.276. The molecule has 2 aromatic carbocycles. The number of benzene rings is 2. The van der Waals surface area contributed by atoms with Gasteiger partial charge in [0.15, 0.2) is 0 Å². The van der Waals surface area contributed by atoms with Crippen LogP contribution in [-0.4, -0.2) is 37.6 Å². The molecule has 1 amide bonds. The van der Waals surface area contributed by atoms with Gasteiger partial charge >= 0.3 is 0 Å². The summed E-state index contributed by atoms with van der Waals surface area (Å²) in [4.78, 5) is 15.7. The van der Waals surface area contributed by atoms with Crippen molar-refractivity contribution in [3.05, 3.63) is 65.0 Å². The Morgan fingerprint density at radius 3 is 2.81 bits per heavy atom. The van der Waals surface area contributed by atoms with Crippen LogP contribution in [0.2, 0.25) is 0 Å². The molecule has 0 unspecified atom stereocenters. The van der Waals surface area contributed by atoms with E-state index in [-0.39, 0.29) is 18.3 Å². The highest BCUT2D eigenvalue weighted by atomic mass is 19.1. The Bertz CT molecular complexity index is 968. The Morgan fingerprint density at radius 1 is 1.19 bits per heavy atom. The molecular weight excluding hydrogens is 333 g/mol. The minimum Gasteiger partial charge on any atom is -0.336 e. The second-order valence-corrected chi connectivity index (χ2v) is 6.44. The summed E-state index contributed by atoms with van der Waals surface area (Å²) in [5, 5.41) is 12.2. The van der Waals surface area contributed by atoms with Crippen molar-refractivity contribution in [2.75, 3.05) is 6.54 Å². The number of halogens is 1. The van der Waals surface area contributed by atoms with E-state index in [1.807, 2.05) is 17.0 Å². The molecule has 1 aromatic heterocycles. The van der Waals surface area contributed by atoms with Gasteiger partial charge in [0.2, 0.25) is 11.7 Å². The van der Waals surface area contributed by atoms with E-state index in [1.54, 1.807) is 19.1 Å². The summed E-state index contributed by atoms with van der Waals surface area (Å²) in [5.41, 5.74) is 3.67. The van der Waals surface area contributed by atoms with Crippen LogP contribution in [0.4, 0.5) is 4.39 Å². The van der Waals surface area contributed by atoms with Crippen molar-refractivity contribution in [2.45, 2.75) is 26.4 Å². The molecule has 0 aliphatic carbocycles. The predicted molar refractivity (Wildman–Crippen MR) is 93.5 cm³/mol. The van der Waals surface area contributed by atoms with Gasteiger partial charge in [0.05, 0.1) is 0 Å². The van der Waals surface area contributed by atoms with Crippen LogP contribution in [0.5, 0.6) is 0 Å². The first kappa shape index (κ1) is 16.4. The van der Waals surface area contributed by atoms with Crippen LogP contribution in [0, 0.1) is 12.7 Å². The maximum atomic E-state index is 13.4. The molecule has 0 saturated heterocycles. The molecule has 132 valence electrons. The average molecular weight is 351 g/mol. The van der Waals surface area contributed by atoms with Gasteiger partial charge in [0.1, 0.15) is 12.4 Å². The smallest absolute Gasteiger partial charge is 0.246 e. The molecule has 0 saturated carbocycles. The van der Waals surface area contributed by atoms with E-state index in [2.05, 4.69) is 27.5 Å². The number of amides is 1. The largest absolute Gasteiger partial charge is 0.336 e. The molecule has 4 rings (SSSR count). The zero-order valence-electron chi connectivity index (χ0n) is 14.4. The molecule has 0 atom stereocenters. The number of fused-ring (bicyclic) bond motifs is 1. The molecule has 0 fully saturated rings. The zero-order chi connectivity index (χ0) is 18.1. The van der Waals surface area contributed by atoms with Crippen LogP contribution >= 0.6 is 0 Å². The van der Waals surface area contributed by atoms with Crippen molar-refractivity contribution in [1.29, 1.82) is 0 Å². The van der Waals surface area contributed by atoms with E-state index in [4.69, 9.17) is 0 Å². The lowest BCUT2D eigenvalue weighted by molar-refractivity contribution is -0.133. The van der Waals surface area contributed by atoms with Crippen LogP contribution in [0.1, 0.15) is 16.7 Å². The zero-order valence-corrected chi connectivity index (χ0v) is 14.4. The third kappa shape index (κ3) is 3.20. The highest BCUT2D eigenvalue weighted by molar-refractivity contribution is 5.76. The van der Waals surface area contributed by atoms with Gasteiger partial charge in [-0.3, -0.25) is 4.79 Å². The molecule has 0 radical (unpaired) electrons. The third-order valence-corrected chi connectivity index (χ3v) is 4.63. The Labute approximate surface area is 150 Å². The van der Waals surface area contributed by atoms with Gasteiger partial charge in [-0.25, -0.2) is 4.39 Å². The van der Waals surface area contributed by atoms with E-state index < -0.39 is 0 Å². The van der Waals surface area contributed by atoms with Crippen molar-refractivity contribution in [3.63, 3.8) is 0 Å². The van der Waals surface area contributed by atoms with E-state index >= 15 is 0 Å². The van der Waals surface area contributed by atoms with Crippen molar-refractivity contribution in [2.24, 2.45) is 0 Å². The fourth-order valence-corrected chi connectivity index (χ4v) is 3.14. The number of carbonyl (C=O) groups is 1. The van der Waals surface area contributed by atoms with Crippen molar-refractivity contribution < 1.29 is 9.18 Å². The molecule has 3 aromatic rings. The van der Waals surface area contributed by atoms with Crippen LogP contribution in [0.3, 0.4) is 0 Å². The Hall–Kier alpha value is -3.09. The van der Waals surface area contributed by atoms with Crippen molar-refractivity contribution >= 4 is 5.91 Å². The molecule has 0 N–H and O–H groups in total. The molecule has 2 heterocycles. The molecule has 0 spiro atoms. The molecule has 7 heteroatoms. The van der Waals surface area contributed by atoms with Crippen molar-refractivity contribution in [3.8, 4) is 11.4 Å². The molecule has 26 heavy (non-hydrogen) atoms. The molecular formula is C19H18FN5O. The fraction of sp³-hybridized carbons (Fsp3) is 0.263. The molecule has 6 nitrogen and oxygen atoms in total. The van der Waals surface area contributed by atoms with Gasteiger partial charge in [-0.05, 0) is 53.4 Å². The van der Waals surface area contributed by atoms with Gasteiger partial charge in [0, 0.05) is 18.7 Å². The number of hydrogen-bond donors (Lipinski definition) is 0. The van der Waals surface area contributed by atoms with E-state index in [0.29, 0.717) is 30.0 Å². The molecule has 0 bridgehead atoms. The van der Waals surface area contributed by atoms with E-state index in [0.717, 1.165) is 6.42 Å². The maximum Gasteiger partial charge on any atom is 0.246 e. The third-order valence-electron chi connectivity index (χ3n) is 4.63. The highest BCUT2D eigenvalue weighted by Crippen LogP contribution is 2.19. The Balaban J connectivity index is 1.46. The summed E-state index contributed by atoms with van der Waals surface area (Å²) >= 11 is 0. The SMILES string of the molecule is Cc1cc(-c2nnn(CC(=O)N3CCc4ccccc4C3)n2)ccc1F. The van der Waals surface area contributed by atoms with Crippen molar-refractivity contribution in [1.82, 2.24) is 25.1 Å². The monoisotopic (exact) mass is 351 g/mol. The van der Waals surface area contributed by atoms with Gasteiger partial charge in [-0.15, -0.1) is 10.2 Å². The average Bonchev–Trinajstić information content (AvgIpc) is 3.12. The topological polar surface area (TPSA) is 63.9 Å². The lowest BCUT2D eigenvalue weighted by atomic mass is 10.00. The van der Waals surface area contributed by atoms with Crippen LogP contribution in [0.25, 0.3) is 11.4 Å². The Kier molecular flexibility index (Phi) is 4.20. The quantitative estimate of drug-likeness (QED) is 0.727. The first-order valence-electron chi connectivity index (χ1n) is 8.49. The van der Waals surface area contributed by atoms with E-state index in [1.165, 1.54) is 22.0 Å². The number of nitrogens with zero attached hydrogens (tertiary/aromatic N) is 5. The fourth-order valence-electron chi connectivity index (χ4n) is 3.14. The van der Waals surface area contributed by atoms with Crippen LogP contribution in [-0.2, 0) is 24.3 Å². The number of rotatable bonds is 3. The number of hydrogen-bond acceptors (Lipinski definition) is 4. The van der Waals surface area contributed by atoms with Crippen LogP contribution < -0.4 is 0 Å². The van der Waals surface area contributed by atoms with Gasteiger partial charge in [-0.2, -0.15) is 4.80 Å². The summed E-state index contributed by atoms with van der Waals surface area (Å²) < 4.78 is 13.4. The summed E-state index contributed by atoms with van der Waals surface area (Å²) in [6.45, 7) is 3.01. The number of carbonyl (C=O) groups excluding carboxylic acids is 1. The van der Waals surface area contributed by atoms with E-state index in [9.17, 15) is 9.18 Å². The summed E-state index contributed by atoms with van der Waals surface area (Å²) in [6.07, 6.45) is 0.854. The lowest BCUT2D eigenvalue weighted by Crippen LogP contribution is -2.38. The number of aromatic nitrogens is 4. The summed E-state index contributed by atoms with van der Waals surface area (Å²) in [6, 6.07) is 12.8. The second kappa shape index (κ2) is 6.67. The number of aryl methyl sites for hydroxylation is 1.